The van der Waals surface area contributed by atoms with Gasteiger partial charge in [0.2, 0.25) is 19.3 Å². The maximum atomic E-state index is 13.8. The number of hydrogen-bond donors (Lipinski definition) is 1. The molecule has 3 unspecified atom stereocenters. The summed E-state index contributed by atoms with van der Waals surface area (Å²) in [5.74, 6) is 1.08. The molecule has 4 aromatic rings. The van der Waals surface area contributed by atoms with Crippen LogP contribution < -0.4 is 15.4 Å². The number of rotatable bonds is 10. The van der Waals surface area contributed by atoms with E-state index in [9.17, 15) is 18.9 Å². The number of hydrogen-bond acceptors (Lipinski definition) is 8. The van der Waals surface area contributed by atoms with Crippen molar-refractivity contribution in [2.75, 3.05) is 36.3 Å². The van der Waals surface area contributed by atoms with Crippen molar-refractivity contribution in [3.05, 3.63) is 82.5 Å². The number of imidazole rings is 1. The summed E-state index contributed by atoms with van der Waals surface area (Å²) in [5.41, 5.74) is 2.57. The number of aliphatic hydroxyl groups excluding tert-OH is 1. The van der Waals surface area contributed by atoms with Crippen molar-refractivity contribution in [2.24, 2.45) is 5.41 Å². The number of para-hydroxylation sites is 2. The van der Waals surface area contributed by atoms with Crippen molar-refractivity contribution in [1.82, 2.24) is 19.1 Å². The molecule has 10 nitrogen and oxygen atoms in total. The molecule has 7 rings (SSSR count). The smallest absolute Gasteiger partial charge is 0.256 e. The second-order valence-corrected chi connectivity index (χ2v) is 15.5. The Hall–Kier alpha value is -3.53. The first-order valence-corrected chi connectivity index (χ1v) is 17.7. The van der Waals surface area contributed by atoms with Gasteiger partial charge >= 0.3 is 0 Å². The Labute approximate surface area is 261 Å². The Morgan fingerprint density at radius 3 is 2.49 bits per heavy atom. The van der Waals surface area contributed by atoms with Crippen molar-refractivity contribution in [3.63, 3.8) is 0 Å². The molecular weight excluding hydrogens is 594 g/mol. The van der Waals surface area contributed by atoms with Crippen LogP contribution in [0, 0.1) is 11.2 Å². The first kappa shape index (κ1) is 30.1. The molecule has 1 aliphatic heterocycles. The van der Waals surface area contributed by atoms with E-state index in [-0.39, 0.29) is 28.5 Å². The van der Waals surface area contributed by atoms with E-state index in [0.29, 0.717) is 12.5 Å². The van der Waals surface area contributed by atoms with Crippen molar-refractivity contribution < 1.29 is 18.6 Å². The first-order valence-electron chi connectivity index (χ1n) is 15.8. The van der Waals surface area contributed by atoms with E-state index in [4.69, 9.17) is 9.51 Å². The lowest BCUT2D eigenvalue weighted by molar-refractivity contribution is 0.124. The fourth-order valence-corrected chi connectivity index (χ4v) is 10.2. The highest BCUT2D eigenvalue weighted by atomic mass is 31.2. The number of aliphatic hydroxyl groups is 1. The average Bonchev–Trinajstić information content (AvgIpc) is 3.80. The van der Waals surface area contributed by atoms with Gasteiger partial charge in [0.1, 0.15) is 18.4 Å². The van der Waals surface area contributed by atoms with Gasteiger partial charge in [0, 0.05) is 44.1 Å². The molecule has 2 aromatic carbocycles. The molecule has 45 heavy (non-hydrogen) atoms. The van der Waals surface area contributed by atoms with Crippen molar-refractivity contribution in [1.29, 1.82) is 0 Å². The lowest BCUT2D eigenvalue weighted by Gasteiger charge is -2.42. The molecule has 0 amide bonds. The first-order chi connectivity index (χ1) is 21.7. The van der Waals surface area contributed by atoms with Crippen molar-refractivity contribution in [2.45, 2.75) is 69.9 Å². The number of nitrogens with zero attached hydrogens (tertiary/aromatic N) is 6. The van der Waals surface area contributed by atoms with E-state index < -0.39 is 19.9 Å². The number of piperidine rings is 1. The monoisotopic (exact) mass is 634 g/mol. The van der Waals surface area contributed by atoms with Crippen LogP contribution in [0.1, 0.15) is 57.2 Å². The van der Waals surface area contributed by atoms with E-state index in [2.05, 4.69) is 20.5 Å². The highest BCUT2D eigenvalue weighted by molar-refractivity contribution is 7.59. The predicted octanol–water partition coefficient (Wildman–Crippen LogP) is 5.59. The molecule has 0 bridgehead atoms. The summed E-state index contributed by atoms with van der Waals surface area (Å²) in [6.45, 7) is 3.78. The van der Waals surface area contributed by atoms with Gasteiger partial charge in [-0.25, -0.2) is 14.4 Å². The van der Waals surface area contributed by atoms with Crippen LogP contribution in [0.3, 0.4) is 0 Å². The molecule has 0 radical (unpaired) electrons. The van der Waals surface area contributed by atoms with Crippen LogP contribution >= 0.6 is 7.37 Å². The number of fused-ring (bicyclic) bond motifs is 1. The van der Waals surface area contributed by atoms with Gasteiger partial charge in [-0.15, -0.1) is 0 Å². The van der Waals surface area contributed by atoms with Crippen LogP contribution in [-0.4, -0.2) is 62.4 Å². The molecule has 12 heteroatoms. The molecule has 1 N–H and O–H groups in total. The predicted molar refractivity (Wildman–Crippen MR) is 173 cm³/mol. The number of anilines is 2. The minimum Gasteiger partial charge on any atom is -0.386 e. The van der Waals surface area contributed by atoms with Gasteiger partial charge in [0.15, 0.2) is 0 Å². The van der Waals surface area contributed by atoms with Crippen molar-refractivity contribution >= 4 is 30.3 Å². The molecule has 3 fully saturated rings. The van der Waals surface area contributed by atoms with Crippen LogP contribution in [-0.2, 0) is 15.6 Å². The van der Waals surface area contributed by atoms with Crippen LogP contribution in [0.15, 0.2) is 65.6 Å². The van der Waals surface area contributed by atoms with Gasteiger partial charge in [-0.2, -0.15) is 0 Å². The second-order valence-electron chi connectivity index (χ2n) is 12.9. The molecule has 3 aliphatic rings. The van der Waals surface area contributed by atoms with E-state index in [1.54, 1.807) is 6.92 Å². The quantitative estimate of drug-likeness (QED) is 0.225. The van der Waals surface area contributed by atoms with Gasteiger partial charge in [0.25, 0.3) is 5.56 Å². The normalized spacial score (nSPS) is 21.4. The summed E-state index contributed by atoms with van der Waals surface area (Å²) in [4.78, 5) is 27.1. The van der Waals surface area contributed by atoms with Crippen LogP contribution in [0.25, 0.3) is 11.0 Å². The van der Waals surface area contributed by atoms with Gasteiger partial charge < -0.3 is 24.0 Å². The third-order valence-corrected chi connectivity index (χ3v) is 13.1. The largest absolute Gasteiger partial charge is 0.386 e. The Balaban J connectivity index is 1.09. The number of halogens is 1. The molecule has 3 atom stereocenters. The van der Waals surface area contributed by atoms with E-state index in [0.717, 1.165) is 74.2 Å². The molecule has 2 saturated carbocycles. The molecule has 2 aromatic heterocycles. The maximum Gasteiger partial charge on any atom is 0.256 e. The summed E-state index contributed by atoms with van der Waals surface area (Å²) in [7, 11) is -1.42. The lowest BCUT2D eigenvalue weighted by atomic mass is 9.81. The standard InChI is InChI=1S/C33H40FN6O4P/c1-23(44-45(43,22-41)29-11-15-33(29)16-17-33)40-30(42)12-18-35-31(40)37(2)26-13-19-38(20-14-26)32-36-27-5-3-4-6-28(27)39(32)21-24-7-9-25(34)10-8-24/h3-10,12,18,23,26,29,41H,11,13-17,19-22H2,1-2H3. The van der Waals surface area contributed by atoms with Gasteiger partial charge in [-0.1, -0.05) is 24.3 Å². The highest BCUT2D eigenvalue weighted by Gasteiger charge is 2.62. The third-order valence-electron chi connectivity index (χ3n) is 10.2. The maximum absolute atomic E-state index is 13.8. The topological polar surface area (TPSA) is 106 Å². The fraction of sp³-hybridized carbons (Fsp3) is 0.485. The Kier molecular flexibility index (Phi) is 7.82. The van der Waals surface area contributed by atoms with E-state index in [1.165, 1.54) is 29.0 Å². The lowest BCUT2D eigenvalue weighted by Crippen LogP contribution is -2.46. The van der Waals surface area contributed by atoms with Gasteiger partial charge in [-0.3, -0.25) is 13.9 Å². The zero-order valence-electron chi connectivity index (χ0n) is 25.8. The zero-order valence-corrected chi connectivity index (χ0v) is 26.7. The third kappa shape index (κ3) is 5.49. The van der Waals surface area contributed by atoms with Crippen LogP contribution in [0.5, 0.6) is 0 Å². The summed E-state index contributed by atoms with van der Waals surface area (Å²) >= 11 is 0. The molecule has 2 aliphatic carbocycles. The number of benzene rings is 2. The molecule has 3 heterocycles. The van der Waals surface area contributed by atoms with Gasteiger partial charge in [-0.05, 0) is 80.7 Å². The Bertz CT molecular complexity index is 1800. The van der Waals surface area contributed by atoms with E-state index in [1.807, 2.05) is 42.3 Å². The second kappa shape index (κ2) is 11.7. The van der Waals surface area contributed by atoms with Crippen LogP contribution in [0.4, 0.5) is 16.3 Å². The summed E-state index contributed by atoms with van der Waals surface area (Å²) in [5, 5.41) is 10.2. The zero-order chi connectivity index (χ0) is 31.3. The summed E-state index contributed by atoms with van der Waals surface area (Å²) in [6, 6.07) is 16.1. The minimum absolute atomic E-state index is 0.0606. The molecular formula is C33H40FN6O4P. The minimum atomic E-state index is -3.36. The summed E-state index contributed by atoms with van der Waals surface area (Å²) in [6.07, 6.45) is 5.62. The average molecular weight is 635 g/mol. The Morgan fingerprint density at radius 1 is 1.09 bits per heavy atom. The number of aromatic nitrogens is 4. The summed E-state index contributed by atoms with van der Waals surface area (Å²) < 4.78 is 37.2. The molecule has 238 valence electrons. The van der Waals surface area contributed by atoms with Crippen LogP contribution in [0.2, 0.25) is 0 Å². The van der Waals surface area contributed by atoms with Gasteiger partial charge in [0.05, 0.1) is 17.6 Å². The Morgan fingerprint density at radius 2 is 1.82 bits per heavy atom. The molecule has 1 spiro atoms. The highest BCUT2D eigenvalue weighted by Crippen LogP contribution is 2.74. The fourth-order valence-electron chi connectivity index (χ4n) is 7.41. The van der Waals surface area contributed by atoms with E-state index >= 15 is 0 Å². The SMILES string of the molecule is CC(OP(=O)(CO)C1CCC12CC2)n1c(N(C)C2CCN(c3nc4ccccc4n3Cc3ccc(F)cc3)CC2)nccc1=O. The molecule has 1 saturated heterocycles. The van der Waals surface area contributed by atoms with Crippen molar-refractivity contribution in [3.8, 4) is 0 Å².